The van der Waals surface area contributed by atoms with E-state index in [0.29, 0.717) is 29.5 Å². The molecule has 1 unspecified atom stereocenters. The maximum atomic E-state index is 12.7. The van der Waals surface area contributed by atoms with Crippen LogP contribution in [0.2, 0.25) is 5.02 Å². The quantitative estimate of drug-likeness (QED) is 0.371. The molecule has 2 aromatic heterocycles. The maximum Gasteiger partial charge on any atom is 0.263 e. The van der Waals surface area contributed by atoms with Crippen molar-refractivity contribution < 1.29 is 17.9 Å². The Morgan fingerprint density at radius 2 is 2.09 bits per heavy atom. The fourth-order valence-corrected chi connectivity index (χ4v) is 5.55. The molecule has 5 rings (SSSR count). The second kappa shape index (κ2) is 9.63. The SMILES string of the molecule is N#Cc1cc(S(=O)(=O)Nc2ncns2)ccc1Oc1ccc(Cl)cc1-c1ccnn1C1CCOC1. The molecule has 0 aliphatic carbocycles. The molecule has 1 aliphatic heterocycles. The van der Waals surface area contributed by atoms with Crippen molar-refractivity contribution in [1.29, 1.82) is 5.26 Å². The Morgan fingerprint density at radius 3 is 2.83 bits per heavy atom. The number of ether oxygens (including phenoxy) is 2. The first-order chi connectivity index (χ1) is 16.9. The van der Waals surface area contributed by atoms with Crippen molar-refractivity contribution in [2.24, 2.45) is 0 Å². The molecular formula is C22H17ClN6O4S2. The summed E-state index contributed by atoms with van der Waals surface area (Å²) in [7, 11) is -3.96. The summed E-state index contributed by atoms with van der Waals surface area (Å²) in [6, 6.07) is 13.1. The van der Waals surface area contributed by atoms with Gasteiger partial charge in [-0.1, -0.05) is 11.6 Å². The van der Waals surface area contributed by atoms with Crippen LogP contribution in [-0.4, -0.2) is 40.8 Å². The lowest BCUT2D eigenvalue weighted by Gasteiger charge is -2.17. The first-order valence-electron chi connectivity index (χ1n) is 10.4. The topological polar surface area (TPSA) is 132 Å². The predicted molar refractivity (Wildman–Crippen MR) is 129 cm³/mol. The number of nitriles is 1. The van der Waals surface area contributed by atoms with Crippen LogP contribution in [0.4, 0.5) is 5.13 Å². The standard InChI is InChI=1S/C22H17ClN6O4S2/c23-15-1-3-21(18(10-15)19-5-7-26-29(19)16-6-8-32-12-16)33-20-4-2-17(9-14(20)11-24)35(30,31)28-22-25-13-27-34-22/h1-5,7,9-10,13,16H,6,8,12H2,(H,25,27,28). The molecule has 35 heavy (non-hydrogen) atoms. The minimum atomic E-state index is -3.96. The van der Waals surface area contributed by atoms with E-state index >= 15 is 0 Å². The minimum absolute atomic E-state index is 0.0451. The summed E-state index contributed by atoms with van der Waals surface area (Å²) in [4.78, 5) is 3.72. The number of anilines is 1. The van der Waals surface area contributed by atoms with Crippen LogP contribution in [0.5, 0.6) is 11.5 Å². The zero-order valence-electron chi connectivity index (χ0n) is 18.0. The normalized spacial score (nSPS) is 15.6. The van der Waals surface area contributed by atoms with Crippen LogP contribution in [-0.2, 0) is 14.8 Å². The van der Waals surface area contributed by atoms with Gasteiger partial charge in [0.1, 0.15) is 23.9 Å². The van der Waals surface area contributed by atoms with Gasteiger partial charge in [-0.25, -0.2) is 13.4 Å². The van der Waals surface area contributed by atoms with Gasteiger partial charge in [-0.2, -0.15) is 14.7 Å². The van der Waals surface area contributed by atoms with Gasteiger partial charge in [-0.15, -0.1) is 0 Å². The van der Waals surface area contributed by atoms with E-state index in [0.717, 1.165) is 23.6 Å². The molecule has 1 aliphatic rings. The van der Waals surface area contributed by atoms with E-state index in [4.69, 9.17) is 21.1 Å². The van der Waals surface area contributed by atoms with Gasteiger partial charge >= 0.3 is 0 Å². The summed E-state index contributed by atoms with van der Waals surface area (Å²) < 4.78 is 45.0. The highest BCUT2D eigenvalue weighted by Gasteiger charge is 2.24. The van der Waals surface area contributed by atoms with Crippen LogP contribution in [0.25, 0.3) is 11.3 Å². The van der Waals surface area contributed by atoms with Gasteiger partial charge in [-0.05, 0) is 48.9 Å². The first-order valence-corrected chi connectivity index (χ1v) is 13.0. The molecule has 0 amide bonds. The Labute approximate surface area is 209 Å². The smallest absolute Gasteiger partial charge is 0.263 e. The van der Waals surface area contributed by atoms with Crippen molar-refractivity contribution in [2.75, 3.05) is 17.9 Å². The molecule has 1 N–H and O–H groups in total. The van der Waals surface area contributed by atoms with Crippen molar-refractivity contribution in [3.63, 3.8) is 0 Å². The van der Waals surface area contributed by atoms with Gasteiger partial charge < -0.3 is 9.47 Å². The highest BCUT2D eigenvalue weighted by Crippen LogP contribution is 2.38. The van der Waals surface area contributed by atoms with Gasteiger partial charge in [0.2, 0.25) is 5.13 Å². The van der Waals surface area contributed by atoms with Gasteiger partial charge in [-0.3, -0.25) is 9.40 Å². The number of rotatable bonds is 7. The summed E-state index contributed by atoms with van der Waals surface area (Å²) in [6.07, 6.45) is 3.78. The van der Waals surface area contributed by atoms with Crippen molar-refractivity contribution in [3.05, 3.63) is 65.6 Å². The van der Waals surface area contributed by atoms with Crippen LogP contribution >= 0.6 is 23.1 Å². The molecule has 3 heterocycles. The Kier molecular flexibility index (Phi) is 6.40. The number of nitrogens with one attached hydrogen (secondary N) is 1. The predicted octanol–water partition coefficient (Wildman–Crippen LogP) is 4.48. The zero-order chi connectivity index (χ0) is 24.4. The maximum absolute atomic E-state index is 12.7. The summed E-state index contributed by atoms with van der Waals surface area (Å²) >= 11 is 7.20. The van der Waals surface area contributed by atoms with Crippen molar-refractivity contribution >= 4 is 38.3 Å². The number of benzene rings is 2. The average Bonchev–Trinajstić information content (AvgIpc) is 3.62. The molecule has 10 nitrogen and oxygen atoms in total. The van der Waals surface area contributed by atoms with E-state index in [1.807, 2.05) is 16.8 Å². The molecule has 0 bridgehead atoms. The Hall–Kier alpha value is -3.50. The largest absolute Gasteiger partial charge is 0.455 e. The van der Waals surface area contributed by atoms with Gasteiger partial charge in [0, 0.05) is 34.9 Å². The molecule has 0 saturated carbocycles. The van der Waals surface area contributed by atoms with Crippen LogP contribution < -0.4 is 9.46 Å². The third-order valence-corrected chi connectivity index (χ3v) is 7.61. The number of hydrogen-bond acceptors (Lipinski definition) is 9. The Bertz CT molecular complexity index is 1510. The van der Waals surface area contributed by atoms with Crippen LogP contribution in [0.3, 0.4) is 0 Å². The average molecular weight is 529 g/mol. The second-order valence-corrected chi connectivity index (χ2v) is 10.4. The number of sulfonamides is 1. The molecule has 4 aromatic rings. The van der Waals surface area contributed by atoms with E-state index in [9.17, 15) is 13.7 Å². The molecule has 0 radical (unpaired) electrons. The van der Waals surface area contributed by atoms with E-state index < -0.39 is 10.0 Å². The van der Waals surface area contributed by atoms with Gasteiger partial charge in [0.05, 0.1) is 28.8 Å². The van der Waals surface area contributed by atoms with Crippen molar-refractivity contribution in [2.45, 2.75) is 17.4 Å². The van der Waals surface area contributed by atoms with Crippen LogP contribution in [0.15, 0.2) is 59.9 Å². The Morgan fingerprint density at radius 1 is 1.23 bits per heavy atom. The molecule has 178 valence electrons. The number of aromatic nitrogens is 4. The van der Waals surface area contributed by atoms with Crippen molar-refractivity contribution in [1.82, 2.24) is 19.1 Å². The molecule has 13 heteroatoms. The highest BCUT2D eigenvalue weighted by atomic mass is 35.5. The van der Waals surface area contributed by atoms with E-state index in [1.165, 1.54) is 24.5 Å². The van der Waals surface area contributed by atoms with Gasteiger partial charge in [0.15, 0.2) is 0 Å². The first kappa shape index (κ1) is 23.3. The second-order valence-electron chi connectivity index (χ2n) is 7.54. The number of nitrogens with zero attached hydrogens (tertiary/aromatic N) is 5. The summed E-state index contributed by atoms with van der Waals surface area (Å²) in [5, 5.41) is 14.8. The number of halogens is 1. The summed E-state index contributed by atoms with van der Waals surface area (Å²) in [5.74, 6) is 0.635. The number of hydrogen-bond donors (Lipinski definition) is 1. The zero-order valence-corrected chi connectivity index (χ0v) is 20.3. The molecule has 2 aromatic carbocycles. The molecule has 1 saturated heterocycles. The lowest BCUT2D eigenvalue weighted by Crippen LogP contribution is -2.13. The summed E-state index contributed by atoms with van der Waals surface area (Å²) in [6.45, 7) is 1.22. The van der Waals surface area contributed by atoms with Crippen molar-refractivity contribution in [3.8, 4) is 28.8 Å². The van der Waals surface area contributed by atoms with E-state index in [1.54, 1.807) is 24.4 Å². The fraction of sp³-hybridized carbons (Fsp3) is 0.182. The van der Waals surface area contributed by atoms with E-state index in [2.05, 4.69) is 19.2 Å². The monoisotopic (exact) mass is 528 g/mol. The van der Waals surface area contributed by atoms with E-state index in [-0.39, 0.29) is 27.4 Å². The Balaban J connectivity index is 1.49. The highest BCUT2D eigenvalue weighted by molar-refractivity contribution is 7.93. The van der Waals surface area contributed by atoms with Gasteiger partial charge in [0.25, 0.3) is 10.0 Å². The third kappa shape index (κ3) is 4.85. The van der Waals surface area contributed by atoms with Crippen LogP contribution in [0, 0.1) is 11.3 Å². The lowest BCUT2D eigenvalue weighted by molar-refractivity contribution is 0.185. The fourth-order valence-electron chi connectivity index (χ4n) is 3.69. The molecule has 0 spiro atoms. The molecular weight excluding hydrogens is 512 g/mol. The lowest BCUT2D eigenvalue weighted by atomic mass is 10.1. The molecule has 1 atom stereocenters. The molecule has 1 fully saturated rings. The van der Waals surface area contributed by atoms with Crippen LogP contribution in [0.1, 0.15) is 18.0 Å². The minimum Gasteiger partial charge on any atom is -0.455 e. The third-order valence-electron chi connectivity index (χ3n) is 5.32. The summed E-state index contributed by atoms with van der Waals surface area (Å²) in [5.41, 5.74) is 1.51.